The minimum absolute atomic E-state index is 0.166. The van der Waals surface area contributed by atoms with Crippen LogP contribution in [0.5, 0.6) is 0 Å². The summed E-state index contributed by atoms with van der Waals surface area (Å²) in [7, 11) is 0. The van der Waals surface area contributed by atoms with E-state index in [9.17, 15) is 4.79 Å². The fourth-order valence-electron chi connectivity index (χ4n) is 2.91. The fraction of sp³-hybridized carbons (Fsp3) is 0.667. The molecule has 0 atom stereocenters. The van der Waals surface area contributed by atoms with Crippen LogP contribution in [0.1, 0.15) is 29.6 Å². The van der Waals surface area contributed by atoms with Gasteiger partial charge in [-0.2, -0.15) is 0 Å². The summed E-state index contributed by atoms with van der Waals surface area (Å²) < 4.78 is 1.85. The molecule has 0 aromatic carbocycles. The highest BCUT2D eigenvalue weighted by Crippen LogP contribution is 2.36. The molecule has 134 valence electrons. The zero-order valence-electron chi connectivity index (χ0n) is 14.2. The Labute approximate surface area is 154 Å². The van der Waals surface area contributed by atoms with Gasteiger partial charge in [0.2, 0.25) is 11.1 Å². The summed E-state index contributed by atoms with van der Waals surface area (Å²) in [5, 5.41) is 15.8. The number of thioether (sulfide) groups is 1. The predicted octanol–water partition coefficient (Wildman–Crippen LogP) is 1.21. The molecule has 0 unspecified atom stereocenters. The highest BCUT2D eigenvalue weighted by molar-refractivity contribution is 7.99. The van der Waals surface area contributed by atoms with E-state index in [-0.39, 0.29) is 5.91 Å². The van der Waals surface area contributed by atoms with Crippen molar-refractivity contribution >= 4 is 29.0 Å². The molecule has 25 heavy (non-hydrogen) atoms. The quantitative estimate of drug-likeness (QED) is 0.698. The summed E-state index contributed by atoms with van der Waals surface area (Å²) in [6.45, 7) is 6.24. The van der Waals surface area contributed by atoms with E-state index < -0.39 is 0 Å². The van der Waals surface area contributed by atoms with Gasteiger partial charge in [-0.25, -0.2) is 9.67 Å². The van der Waals surface area contributed by atoms with Crippen LogP contribution < -0.4 is 0 Å². The van der Waals surface area contributed by atoms with Crippen LogP contribution >= 0.6 is 23.1 Å². The van der Waals surface area contributed by atoms with Crippen molar-refractivity contribution in [1.82, 2.24) is 35.0 Å². The minimum atomic E-state index is 0.166. The molecule has 0 bridgehead atoms. The first-order chi connectivity index (χ1) is 12.2. The van der Waals surface area contributed by atoms with E-state index in [0.717, 1.165) is 61.4 Å². The van der Waals surface area contributed by atoms with Gasteiger partial charge in [-0.3, -0.25) is 9.69 Å². The second kappa shape index (κ2) is 7.38. The number of thiazole rings is 1. The number of amides is 1. The molecule has 4 rings (SSSR count). The van der Waals surface area contributed by atoms with Gasteiger partial charge in [0.15, 0.2) is 0 Å². The van der Waals surface area contributed by atoms with Crippen molar-refractivity contribution in [2.24, 2.45) is 0 Å². The molecule has 1 aliphatic carbocycles. The molecule has 0 radical (unpaired) electrons. The van der Waals surface area contributed by atoms with E-state index in [1.807, 2.05) is 16.5 Å². The monoisotopic (exact) mass is 379 g/mol. The molecule has 1 aliphatic heterocycles. The van der Waals surface area contributed by atoms with Gasteiger partial charge in [0.05, 0.1) is 22.5 Å². The highest BCUT2D eigenvalue weighted by atomic mass is 32.2. The molecule has 3 heterocycles. The van der Waals surface area contributed by atoms with Gasteiger partial charge in [-0.15, -0.1) is 16.4 Å². The van der Waals surface area contributed by atoms with Crippen molar-refractivity contribution < 1.29 is 4.79 Å². The molecule has 10 heteroatoms. The number of aromatic nitrogens is 5. The number of hydrogen-bond acceptors (Lipinski definition) is 8. The van der Waals surface area contributed by atoms with Crippen molar-refractivity contribution in [3.05, 3.63) is 16.1 Å². The lowest BCUT2D eigenvalue weighted by Gasteiger charge is -2.34. The van der Waals surface area contributed by atoms with Crippen molar-refractivity contribution in [1.29, 1.82) is 0 Å². The number of hydrogen-bond donors (Lipinski definition) is 0. The summed E-state index contributed by atoms with van der Waals surface area (Å²) in [6, 6.07) is 0.436. The van der Waals surface area contributed by atoms with Gasteiger partial charge in [0, 0.05) is 38.1 Å². The van der Waals surface area contributed by atoms with E-state index in [1.54, 1.807) is 11.3 Å². The van der Waals surface area contributed by atoms with Gasteiger partial charge in [0.25, 0.3) is 0 Å². The van der Waals surface area contributed by atoms with Gasteiger partial charge in [-0.1, -0.05) is 11.8 Å². The lowest BCUT2D eigenvalue weighted by Crippen LogP contribution is -2.48. The first-order valence-corrected chi connectivity index (χ1v) is 10.4. The van der Waals surface area contributed by atoms with Crippen molar-refractivity contribution in [2.45, 2.75) is 37.5 Å². The van der Waals surface area contributed by atoms with E-state index in [1.165, 1.54) is 11.8 Å². The molecule has 1 saturated heterocycles. The predicted molar refractivity (Wildman–Crippen MR) is 95.5 cm³/mol. The third-order valence-electron chi connectivity index (χ3n) is 4.46. The lowest BCUT2D eigenvalue weighted by molar-refractivity contribution is -0.130. The van der Waals surface area contributed by atoms with Gasteiger partial charge >= 0.3 is 0 Å². The first kappa shape index (κ1) is 16.9. The second-order valence-electron chi connectivity index (χ2n) is 6.44. The molecule has 8 nitrogen and oxygen atoms in total. The maximum atomic E-state index is 12.5. The van der Waals surface area contributed by atoms with Crippen molar-refractivity contribution in [3.63, 3.8) is 0 Å². The Morgan fingerprint density at radius 1 is 1.32 bits per heavy atom. The Kier molecular flexibility index (Phi) is 5.00. The topological polar surface area (TPSA) is 80.0 Å². The molecule has 2 aliphatic rings. The third-order valence-corrected chi connectivity index (χ3v) is 6.20. The molecule has 0 N–H and O–H groups in total. The maximum Gasteiger partial charge on any atom is 0.233 e. The molecule has 1 amide bonds. The van der Waals surface area contributed by atoms with E-state index in [0.29, 0.717) is 11.8 Å². The Bertz CT molecular complexity index is 734. The number of aryl methyl sites for hydroxylation is 1. The maximum absolute atomic E-state index is 12.5. The van der Waals surface area contributed by atoms with Crippen LogP contribution in [0.15, 0.2) is 10.5 Å². The number of carbonyl (C=O) groups is 1. The Morgan fingerprint density at radius 3 is 2.80 bits per heavy atom. The SMILES string of the molecule is Cc1nc(CN2CCN(C(=O)CSc3nnnn3C3CC3)CC2)cs1. The standard InChI is InChI=1S/C15H21N7OS2/c1-11-16-12(9-24-11)8-20-4-6-21(7-5-20)14(23)10-25-15-17-18-19-22(15)13-2-3-13/h9,13H,2-8,10H2,1H3. The van der Waals surface area contributed by atoms with Crippen LogP contribution in [0.4, 0.5) is 0 Å². The van der Waals surface area contributed by atoms with Crippen LogP contribution in [0.2, 0.25) is 0 Å². The largest absolute Gasteiger partial charge is 0.339 e. The molecular formula is C15H21N7OS2. The van der Waals surface area contributed by atoms with Crippen molar-refractivity contribution in [2.75, 3.05) is 31.9 Å². The normalized spacial score (nSPS) is 18.7. The Hall–Kier alpha value is -1.52. The third kappa shape index (κ3) is 4.18. The molecule has 2 aromatic rings. The number of nitrogens with zero attached hydrogens (tertiary/aromatic N) is 7. The van der Waals surface area contributed by atoms with Crippen molar-refractivity contribution in [3.8, 4) is 0 Å². The van der Waals surface area contributed by atoms with Gasteiger partial charge < -0.3 is 4.90 Å². The molecule has 1 saturated carbocycles. The van der Waals surface area contributed by atoms with Crippen LogP contribution in [-0.2, 0) is 11.3 Å². The smallest absolute Gasteiger partial charge is 0.233 e. The zero-order valence-corrected chi connectivity index (χ0v) is 15.8. The molecular weight excluding hydrogens is 358 g/mol. The summed E-state index contributed by atoms with van der Waals surface area (Å²) in [4.78, 5) is 21.3. The van der Waals surface area contributed by atoms with Gasteiger partial charge in [-0.05, 0) is 30.2 Å². The van der Waals surface area contributed by atoms with Crippen LogP contribution in [0.25, 0.3) is 0 Å². The zero-order chi connectivity index (χ0) is 17.2. The number of carbonyl (C=O) groups excluding carboxylic acids is 1. The average Bonchev–Trinajstić information content (AvgIpc) is 3.22. The van der Waals surface area contributed by atoms with Gasteiger partial charge in [0.1, 0.15) is 0 Å². The summed E-state index contributed by atoms with van der Waals surface area (Å²) in [5.41, 5.74) is 1.13. The van der Waals surface area contributed by atoms with E-state index in [2.05, 4.69) is 30.8 Å². The van der Waals surface area contributed by atoms with Crippen LogP contribution in [-0.4, -0.2) is 72.8 Å². The summed E-state index contributed by atoms with van der Waals surface area (Å²) in [5.74, 6) is 0.567. The van der Waals surface area contributed by atoms with Crippen LogP contribution in [0, 0.1) is 6.92 Å². The summed E-state index contributed by atoms with van der Waals surface area (Å²) in [6.07, 6.45) is 2.26. The number of piperazine rings is 1. The van der Waals surface area contributed by atoms with E-state index in [4.69, 9.17) is 0 Å². The molecule has 2 aromatic heterocycles. The number of rotatable bonds is 6. The lowest BCUT2D eigenvalue weighted by atomic mass is 10.3. The second-order valence-corrected chi connectivity index (χ2v) is 8.45. The highest BCUT2D eigenvalue weighted by Gasteiger charge is 2.28. The molecule has 2 fully saturated rings. The minimum Gasteiger partial charge on any atom is -0.339 e. The Balaban J connectivity index is 1.23. The average molecular weight is 380 g/mol. The Morgan fingerprint density at radius 2 is 2.12 bits per heavy atom. The van der Waals surface area contributed by atoms with Crippen LogP contribution in [0.3, 0.4) is 0 Å². The number of tetrazole rings is 1. The fourth-order valence-corrected chi connectivity index (χ4v) is 4.36. The summed E-state index contributed by atoms with van der Waals surface area (Å²) >= 11 is 3.13. The first-order valence-electron chi connectivity index (χ1n) is 8.51. The molecule has 0 spiro atoms. The van der Waals surface area contributed by atoms with E-state index >= 15 is 0 Å².